The molecule has 1 saturated heterocycles. The molecule has 1 aliphatic heterocycles. The van der Waals surface area contributed by atoms with Crippen LogP contribution in [0.1, 0.15) is 35.2 Å². The van der Waals surface area contributed by atoms with Gasteiger partial charge in [0.15, 0.2) is 0 Å². The summed E-state index contributed by atoms with van der Waals surface area (Å²) in [5.41, 5.74) is 1.65. The quantitative estimate of drug-likeness (QED) is 0.867. The fourth-order valence-corrected chi connectivity index (χ4v) is 3.49. The number of piperidine rings is 1. The minimum Gasteiger partial charge on any atom is -0.352 e. The lowest BCUT2D eigenvalue weighted by Crippen LogP contribution is -2.39. The molecule has 2 amide bonds. The van der Waals surface area contributed by atoms with Crippen LogP contribution in [0.2, 0.25) is 5.02 Å². The molecular weight excluding hydrogens is 348 g/mol. The van der Waals surface area contributed by atoms with Crippen LogP contribution in [0.4, 0.5) is 0 Å². The van der Waals surface area contributed by atoms with E-state index in [1.165, 1.54) is 0 Å². The van der Waals surface area contributed by atoms with E-state index >= 15 is 0 Å². The number of carbonyl (C=O) groups is 2. The lowest BCUT2D eigenvalue weighted by Gasteiger charge is -2.32. The fourth-order valence-electron chi connectivity index (χ4n) is 3.28. The largest absolute Gasteiger partial charge is 0.352 e. The van der Waals surface area contributed by atoms with Crippen molar-refractivity contribution in [3.8, 4) is 0 Å². The van der Waals surface area contributed by atoms with Crippen molar-refractivity contribution in [1.82, 2.24) is 10.2 Å². The van der Waals surface area contributed by atoms with E-state index < -0.39 is 0 Å². The van der Waals surface area contributed by atoms with Crippen molar-refractivity contribution in [2.24, 2.45) is 5.92 Å². The van der Waals surface area contributed by atoms with Gasteiger partial charge in [0.05, 0.1) is 10.6 Å². The molecule has 0 aromatic heterocycles. The van der Waals surface area contributed by atoms with E-state index in [0.717, 1.165) is 18.4 Å². The highest BCUT2D eigenvalue weighted by Crippen LogP contribution is 2.24. The van der Waals surface area contributed by atoms with E-state index in [0.29, 0.717) is 42.6 Å². The van der Waals surface area contributed by atoms with Gasteiger partial charge in [-0.1, -0.05) is 54.1 Å². The summed E-state index contributed by atoms with van der Waals surface area (Å²) in [5, 5.41) is 3.46. The zero-order chi connectivity index (χ0) is 18.4. The zero-order valence-corrected chi connectivity index (χ0v) is 15.4. The van der Waals surface area contributed by atoms with E-state index in [1.54, 1.807) is 12.1 Å². The highest BCUT2D eigenvalue weighted by molar-refractivity contribution is 6.33. The first-order valence-electron chi connectivity index (χ1n) is 8.98. The van der Waals surface area contributed by atoms with Gasteiger partial charge in [0.25, 0.3) is 5.91 Å². The molecule has 0 bridgehead atoms. The van der Waals surface area contributed by atoms with Crippen molar-refractivity contribution >= 4 is 23.4 Å². The summed E-state index contributed by atoms with van der Waals surface area (Å²) in [5.74, 6) is 0.369. The maximum atomic E-state index is 12.6. The van der Waals surface area contributed by atoms with Crippen molar-refractivity contribution in [3.05, 3.63) is 70.7 Å². The molecular formula is C21H23ClN2O2. The van der Waals surface area contributed by atoms with Crippen molar-refractivity contribution in [3.63, 3.8) is 0 Å². The van der Waals surface area contributed by atoms with Crippen LogP contribution in [0, 0.1) is 5.92 Å². The summed E-state index contributed by atoms with van der Waals surface area (Å²) < 4.78 is 0. The van der Waals surface area contributed by atoms with Gasteiger partial charge >= 0.3 is 0 Å². The molecule has 4 nitrogen and oxygen atoms in total. The summed E-state index contributed by atoms with van der Waals surface area (Å²) in [6.45, 7) is 1.89. The second kappa shape index (κ2) is 8.86. The maximum absolute atomic E-state index is 12.6. The molecule has 0 unspecified atom stereocenters. The Bertz CT molecular complexity index is 756. The molecule has 2 aromatic carbocycles. The van der Waals surface area contributed by atoms with Crippen LogP contribution in [0.5, 0.6) is 0 Å². The van der Waals surface area contributed by atoms with Gasteiger partial charge < -0.3 is 10.2 Å². The molecule has 0 spiro atoms. The van der Waals surface area contributed by atoms with Crippen molar-refractivity contribution in [2.45, 2.75) is 25.8 Å². The second-order valence-corrected chi connectivity index (χ2v) is 7.09. The van der Waals surface area contributed by atoms with Gasteiger partial charge in [-0.15, -0.1) is 0 Å². The van der Waals surface area contributed by atoms with Gasteiger partial charge in [-0.2, -0.15) is 0 Å². The Morgan fingerprint density at radius 2 is 1.65 bits per heavy atom. The average Bonchev–Trinajstić information content (AvgIpc) is 2.68. The summed E-state index contributed by atoms with van der Waals surface area (Å²) in [4.78, 5) is 26.6. The molecule has 0 radical (unpaired) electrons. The van der Waals surface area contributed by atoms with Crippen LogP contribution in [0.3, 0.4) is 0 Å². The Morgan fingerprint density at radius 3 is 2.35 bits per heavy atom. The third kappa shape index (κ3) is 4.85. The number of hydrogen-bond acceptors (Lipinski definition) is 2. The van der Waals surface area contributed by atoms with Crippen LogP contribution >= 0.6 is 11.6 Å². The molecule has 0 atom stereocenters. The average molecular weight is 371 g/mol. The number of likely N-dealkylation sites (tertiary alicyclic amines) is 1. The van der Waals surface area contributed by atoms with Gasteiger partial charge in [0, 0.05) is 26.1 Å². The van der Waals surface area contributed by atoms with Gasteiger partial charge in [-0.3, -0.25) is 9.59 Å². The first-order chi connectivity index (χ1) is 12.6. The summed E-state index contributed by atoms with van der Waals surface area (Å²) >= 11 is 6.12. The van der Waals surface area contributed by atoms with E-state index in [-0.39, 0.29) is 11.8 Å². The minimum atomic E-state index is -0.0254. The molecule has 1 fully saturated rings. The Labute approximate surface area is 159 Å². The van der Waals surface area contributed by atoms with Gasteiger partial charge in [0.2, 0.25) is 5.91 Å². The highest BCUT2D eigenvalue weighted by Gasteiger charge is 2.25. The van der Waals surface area contributed by atoms with Gasteiger partial charge in [-0.05, 0) is 36.5 Å². The number of halogens is 1. The molecule has 1 heterocycles. The monoisotopic (exact) mass is 370 g/mol. The van der Waals surface area contributed by atoms with Crippen LogP contribution in [0.25, 0.3) is 0 Å². The molecule has 0 aliphatic carbocycles. The number of hydrogen-bond donors (Lipinski definition) is 1. The van der Waals surface area contributed by atoms with Crippen molar-refractivity contribution in [1.29, 1.82) is 0 Å². The van der Waals surface area contributed by atoms with E-state index in [1.807, 2.05) is 47.4 Å². The normalized spacial score (nSPS) is 14.9. The topological polar surface area (TPSA) is 49.4 Å². The highest BCUT2D eigenvalue weighted by atomic mass is 35.5. The van der Waals surface area contributed by atoms with E-state index in [4.69, 9.17) is 11.6 Å². The van der Waals surface area contributed by atoms with E-state index in [9.17, 15) is 9.59 Å². The summed E-state index contributed by atoms with van der Waals surface area (Å²) in [6.07, 6.45) is 2.20. The maximum Gasteiger partial charge on any atom is 0.255 e. The molecule has 5 heteroatoms. The van der Waals surface area contributed by atoms with Crippen molar-refractivity contribution in [2.75, 3.05) is 13.1 Å². The third-order valence-electron chi connectivity index (χ3n) is 4.81. The molecule has 26 heavy (non-hydrogen) atoms. The standard InChI is InChI=1S/C21H23ClN2O2/c22-19-9-5-4-8-18(19)21(26)24-12-10-16(11-13-24)14-20(25)23-15-17-6-2-1-3-7-17/h1-9,16H,10-15H2,(H,23,25). The molecule has 136 valence electrons. The SMILES string of the molecule is O=C(CC1CCN(C(=O)c2ccccc2Cl)CC1)NCc1ccccc1. The third-order valence-corrected chi connectivity index (χ3v) is 5.14. The van der Waals surface area contributed by atoms with Crippen LogP contribution in [-0.4, -0.2) is 29.8 Å². The lowest BCUT2D eigenvalue weighted by atomic mass is 9.93. The zero-order valence-electron chi connectivity index (χ0n) is 14.7. The van der Waals surface area contributed by atoms with Crippen molar-refractivity contribution < 1.29 is 9.59 Å². The number of carbonyl (C=O) groups excluding carboxylic acids is 2. The Kier molecular flexibility index (Phi) is 6.29. The predicted molar refractivity (Wildman–Crippen MR) is 103 cm³/mol. The van der Waals surface area contributed by atoms with Crippen LogP contribution in [0.15, 0.2) is 54.6 Å². The number of benzene rings is 2. The molecule has 2 aromatic rings. The molecule has 1 N–H and O–H groups in total. The Morgan fingerprint density at radius 1 is 1.00 bits per heavy atom. The Hall–Kier alpha value is -2.33. The summed E-state index contributed by atoms with van der Waals surface area (Å²) in [7, 11) is 0. The molecule has 3 rings (SSSR count). The lowest BCUT2D eigenvalue weighted by molar-refractivity contribution is -0.122. The minimum absolute atomic E-state index is 0.0254. The first-order valence-corrected chi connectivity index (χ1v) is 9.35. The summed E-state index contributed by atoms with van der Waals surface area (Å²) in [6, 6.07) is 17.0. The predicted octanol–water partition coefficient (Wildman–Crippen LogP) is 3.90. The molecule has 1 aliphatic rings. The van der Waals surface area contributed by atoms with Gasteiger partial charge in [-0.25, -0.2) is 0 Å². The van der Waals surface area contributed by atoms with Gasteiger partial charge in [0.1, 0.15) is 0 Å². The number of nitrogens with one attached hydrogen (secondary N) is 1. The van der Waals surface area contributed by atoms with Crippen LogP contribution in [-0.2, 0) is 11.3 Å². The number of nitrogens with zero attached hydrogens (tertiary/aromatic N) is 1. The fraction of sp³-hybridized carbons (Fsp3) is 0.333. The second-order valence-electron chi connectivity index (χ2n) is 6.68. The van der Waals surface area contributed by atoms with E-state index in [2.05, 4.69) is 5.32 Å². The Balaban J connectivity index is 1.44. The number of amides is 2. The molecule has 0 saturated carbocycles. The number of rotatable bonds is 5. The first kappa shape index (κ1) is 18.5. The smallest absolute Gasteiger partial charge is 0.255 e. The van der Waals surface area contributed by atoms with Crippen LogP contribution < -0.4 is 5.32 Å².